The maximum Gasteiger partial charge on any atom is 0.0473 e. The molecule has 2 nitrogen and oxygen atoms in total. The zero-order valence-corrected chi connectivity index (χ0v) is 40.8. The molecule has 0 N–H and O–H groups in total. The molecule has 0 unspecified atom stereocenters. The molecule has 0 saturated heterocycles. The van der Waals surface area contributed by atoms with Crippen molar-refractivity contribution in [1.82, 2.24) is 0 Å². The summed E-state index contributed by atoms with van der Waals surface area (Å²) in [6, 6.07) is 102. The Balaban J connectivity index is 0.876. The van der Waals surface area contributed by atoms with Gasteiger partial charge in [-0.2, -0.15) is 0 Å². The SMILES string of the molecule is c1ccc(-c2ccc(N(c3ccc(-c4ccc(N(c5ccc(-c6ccccc6)cc5)c5ccc6c(c5)C5(CCCC5)c5ccccc5-6)cc4)cc3)c3cc(-c4ccccc4)cc(-c4ccccc4)c3)cc2)cc1. The lowest BCUT2D eigenvalue weighted by atomic mass is 9.76. The molecule has 0 aliphatic heterocycles. The molecule has 11 aromatic carbocycles. The Labute approximate surface area is 429 Å². The van der Waals surface area contributed by atoms with E-state index in [1.54, 1.807) is 0 Å². The number of hydrogen-bond acceptors (Lipinski definition) is 2. The molecule has 348 valence electrons. The van der Waals surface area contributed by atoms with Gasteiger partial charge in [0.1, 0.15) is 0 Å². The summed E-state index contributed by atoms with van der Waals surface area (Å²) < 4.78 is 0. The van der Waals surface area contributed by atoms with Crippen LogP contribution in [0, 0.1) is 0 Å². The van der Waals surface area contributed by atoms with Crippen LogP contribution in [-0.4, -0.2) is 0 Å². The number of rotatable bonds is 11. The van der Waals surface area contributed by atoms with Crippen molar-refractivity contribution in [1.29, 1.82) is 0 Å². The fourth-order valence-corrected chi connectivity index (χ4v) is 11.8. The topological polar surface area (TPSA) is 6.48 Å². The average molecular weight is 935 g/mol. The van der Waals surface area contributed by atoms with Crippen molar-refractivity contribution in [2.24, 2.45) is 0 Å². The summed E-state index contributed by atoms with van der Waals surface area (Å²) in [6.45, 7) is 0. The van der Waals surface area contributed by atoms with E-state index in [9.17, 15) is 0 Å². The number of fused-ring (bicyclic) bond motifs is 5. The van der Waals surface area contributed by atoms with Crippen molar-refractivity contribution < 1.29 is 0 Å². The Bertz CT molecular complexity index is 3620. The lowest BCUT2D eigenvalue weighted by Gasteiger charge is -2.30. The lowest BCUT2D eigenvalue weighted by molar-refractivity contribution is 0.550. The van der Waals surface area contributed by atoms with Crippen LogP contribution in [0.5, 0.6) is 0 Å². The minimum atomic E-state index is 0.0802. The first kappa shape index (κ1) is 44.0. The van der Waals surface area contributed by atoms with Gasteiger partial charge in [-0.05, 0) is 170 Å². The van der Waals surface area contributed by atoms with Crippen molar-refractivity contribution in [3.8, 4) is 66.8 Å². The van der Waals surface area contributed by atoms with Crippen LogP contribution in [0.25, 0.3) is 66.8 Å². The highest BCUT2D eigenvalue weighted by Gasteiger charge is 2.45. The molecule has 1 spiro atoms. The van der Waals surface area contributed by atoms with E-state index in [-0.39, 0.29) is 5.41 Å². The molecule has 0 aromatic heterocycles. The molecule has 0 amide bonds. The first-order valence-electron chi connectivity index (χ1n) is 25.8. The summed E-state index contributed by atoms with van der Waals surface area (Å²) >= 11 is 0. The van der Waals surface area contributed by atoms with E-state index in [4.69, 9.17) is 0 Å². The highest BCUT2D eigenvalue weighted by Crippen LogP contribution is 2.58. The molecular formula is C71H54N2. The number of benzene rings is 11. The van der Waals surface area contributed by atoms with Gasteiger partial charge in [0.05, 0.1) is 0 Å². The van der Waals surface area contributed by atoms with Crippen molar-refractivity contribution in [3.63, 3.8) is 0 Å². The lowest BCUT2D eigenvalue weighted by Crippen LogP contribution is -2.21. The first-order valence-corrected chi connectivity index (χ1v) is 25.8. The van der Waals surface area contributed by atoms with Gasteiger partial charge < -0.3 is 9.80 Å². The Morgan fingerprint density at radius 3 is 0.945 bits per heavy atom. The quantitative estimate of drug-likeness (QED) is 0.128. The van der Waals surface area contributed by atoms with E-state index in [2.05, 4.69) is 289 Å². The predicted molar refractivity (Wildman–Crippen MR) is 308 cm³/mol. The van der Waals surface area contributed by atoms with Gasteiger partial charge in [-0.1, -0.05) is 213 Å². The van der Waals surface area contributed by atoms with E-state index >= 15 is 0 Å². The van der Waals surface area contributed by atoms with Crippen LogP contribution in [0.15, 0.2) is 279 Å². The van der Waals surface area contributed by atoms with Gasteiger partial charge in [-0.15, -0.1) is 0 Å². The zero-order valence-electron chi connectivity index (χ0n) is 40.8. The van der Waals surface area contributed by atoms with Crippen molar-refractivity contribution in [2.75, 3.05) is 9.80 Å². The first-order chi connectivity index (χ1) is 36.1. The number of hydrogen-bond donors (Lipinski definition) is 0. The molecule has 2 aliphatic rings. The number of anilines is 6. The van der Waals surface area contributed by atoms with Crippen LogP contribution in [0.3, 0.4) is 0 Å². The third-order valence-corrected chi connectivity index (χ3v) is 15.4. The summed E-state index contributed by atoms with van der Waals surface area (Å²) in [7, 11) is 0. The zero-order chi connectivity index (χ0) is 48.6. The van der Waals surface area contributed by atoms with Crippen LogP contribution >= 0.6 is 0 Å². The molecule has 0 radical (unpaired) electrons. The fraction of sp³-hybridized carbons (Fsp3) is 0.0704. The summed E-state index contributed by atoms with van der Waals surface area (Å²) in [5, 5.41) is 0. The molecular weight excluding hydrogens is 881 g/mol. The normalized spacial score (nSPS) is 13.1. The summed E-state index contributed by atoms with van der Waals surface area (Å²) in [6.07, 6.45) is 4.93. The van der Waals surface area contributed by atoms with Gasteiger partial charge >= 0.3 is 0 Å². The molecule has 0 atom stereocenters. The average Bonchev–Trinajstić information content (AvgIpc) is 4.08. The summed E-state index contributed by atoms with van der Waals surface area (Å²) in [4.78, 5) is 4.84. The fourth-order valence-electron chi connectivity index (χ4n) is 11.8. The van der Waals surface area contributed by atoms with Crippen LogP contribution < -0.4 is 9.80 Å². The molecule has 73 heavy (non-hydrogen) atoms. The van der Waals surface area contributed by atoms with Gasteiger partial charge in [0.2, 0.25) is 0 Å². The smallest absolute Gasteiger partial charge is 0.0473 e. The third kappa shape index (κ3) is 8.31. The van der Waals surface area contributed by atoms with Crippen LogP contribution in [-0.2, 0) is 5.41 Å². The highest BCUT2D eigenvalue weighted by molar-refractivity contribution is 5.89. The van der Waals surface area contributed by atoms with Gasteiger partial charge in [0.15, 0.2) is 0 Å². The van der Waals surface area contributed by atoms with Crippen molar-refractivity contribution in [2.45, 2.75) is 31.1 Å². The predicted octanol–water partition coefficient (Wildman–Crippen LogP) is 19.8. The number of nitrogens with zero attached hydrogens (tertiary/aromatic N) is 2. The second-order valence-electron chi connectivity index (χ2n) is 19.7. The Kier molecular flexibility index (Phi) is 11.4. The van der Waals surface area contributed by atoms with E-state index in [1.807, 2.05) is 0 Å². The molecule has 0 heterocycles. The van der Waals surface area contributed by atoms with Crippen molar-refractivity contribution >= 4 is 34.1 Å². The van der Waals surface area contributed by atoms with E-state index in [1.165, 1.54) is 104 Å². The second-order valence-corrected chi connectivity index (χ2v) is 19.7. The van der Waals surface area contributed by atoms with Gasteiger partial charge in [-0.25, -0.2) is 0 Å². The maximum atomic E-state index is 2.51. The molecule has 11 aromatic rings. The van der Waals surface area contributed by atoms with E-state index in [0.717, 1.165) is 34.0 Å². The third-order valence-electron chi connectivity index (χ3n) is 15.4. The summed E-state index contributed by atoms with van der Waals surface area (Å²) in [5.41, 5.74) is 24.4. The van der Waals surface area contributed by atoms with E-state index < -0.39 is 0 Å². The van der Waals surface area contributed by atoms with Gasteiger partial charge in [-0.3, -0.25) is 0 Å². The molecule has 13 rings (SSSR count). The van der Waals surface area contributed by atoms with Crippen LogP contribution in [0.2, 0.25) is 0 Å². The molecule has 2 heteroatoms. The molecule has 1 fully saturated rings. The van der Waals surface area contributed by atoms with E-state index in [0.29, 0.717) is 0 Å². The monoisotopic (exact) mass is 934 g/mol. The van der Waals surface area contributed by atoms with Crippen LogP contribution in [0.4, 0.5) is 34.1 Å². The molecule has 1 saturated carbocycles. The van der Waals surface area contributed by atoms with Gasteiger partial charge in [0.25, 0.3) is 0 Å². The minimum absolute atomic E-state index is 0.0802. The Morgan fingerprint density at radius 1 is 0.219 bits per heavy atom. The molecule has 2 aliphatic carbocycles. The minimum Gasteiger partial charge on any atom is -0.310 e. The summed E-state index contributed by atoms with van der Waals surface area (Å²) in [5.74, 6) is 0. The second kappa shape index (κ2) is 19.0. The largest absolute Gasteiger partial charge is 0.310 e. The Morgan fingerprint density at radius 2 is 0.534 bits per heavy atom. The van der Waals surface area contributed by atoms with Crippen molar-refractivity contribution in [3.05, 3.63) is 290 Å². The van der Waals surface area contributed by atoms with Gasteiger partial charge in [0, 0.05) is 39.5 Å². The Hall–Kier alpha value is -8.98. The molecule has 0 bridgehead atoms. The maximum absolute atomic E-state index is 2.51. The standard InChI is InChI=1S/C71H54N2/c1-5-17-51(18-6-1)55-27-35-61(36-28-55)72(65-43-44-68-67-25-13-14-26-69(67)71(70(68)50-65)45-15-16-46-71)62-37-31-57(32-38-62)58-33-41-64(42-34-58)73(63-39-29-56(30-40-63)52-19-7-2-8-20-52)66-48-59(53-21-9-3-10-22-53)47-60(49-66)54-23-11-4-12-24-54/h1-14,17-44,47-50H,15-16,45-46H2. The highest BCUT2D eigenvalue weighted by atomic mass is 15.1. The van der Waals surface area contributed by atoms with Crippen LogP contribution in [0.1, 0.15) is 36.8 Å².